The number of carboxylic acids is 3. The third kappa shape index (κ3) is 17.0. The molecule has 20 heavy (non-hydrogen) atoms. The summed E-state index contributed by atoms with van der Waals surface area (Å²) in [5.74, 6) is -6.84. The Morgan fingerprint density at radius 1 is 1.00 bits per heavy atom. The fraction of sp³-hybridized carbons (Fsp3) is 0.500. The molecule has 0 aromatic heterocycles. The summed E-state index contributed by atoms with van der Waals surface area (Å²) >= 11 is 0. The monoisotopic (exact) mass is 400 g/mol. The maximum atomic E-state index is 10.2. The number of hydrogen-bond acceptors (Lipinski definition) is 8. The van der Waals surface area contributed by atoms with Crippen LogP contribution >= 0.6 is 0 Å². The number of aliphatic hydroxyl groups excluding tert-OH is 1. The summed E-state index contributed by atoms with van der Waals surface area (Å²) in [6.07, 6.45) is -4.53. The molecule has 0 rings (SSSR count). The largest absolute Gasteiger partial charge is 2.00 e. The van der Waals surface area contributed by atoms with Gasteiger partial charge < -0.3 is 48.5 Å². The van der Waals surface area contributed by atoms with Gasteiger partial charge in [-0.15, -0.1) is 0 Å². The Morgan fingerprint density at radius 3 is 1.45 bits per heavy atom. The molecule has 2 atom stereocenters. The van der Waals surface area contributed by atoms with E-state index in [0.29, 0.717) is 0 Å². The third-order valence-corrected chi connectivity index (χ3v) is 1.44. The van der Waals surface area contributed by atoms with Gasteiger partial charge in [0.15, 0.2) is 0 Å². The number of carboxylic acid groups (broad SMARTS) is 3. The smallest absolute Gasteiger partial charge is 1.00 e. The van der Waals surface area contributed by atoms with Gasteiger partial charge in [0.05, 0.1) is 11.9 Å². The van der Waals surface area contributed by atoms with Crippen molar-refractivity contribution in [3.05, 3.63) is 0 Å². The molecule has 0 aliphatic carbocycles. The van der Waals surface area contributed by atoms with Gasteiger partial charge in [0.1, 0.15) is 11.7 Å². The van der Waals surface area contributed by atoms with Crippen molar-refractivity contribution in [1.29, 1.82) is 0 Å². The van der Waals surface area contributed by atoms with Crippen LogP contribution in [0.1, 0.15) is 15.0 Å². The first-order valence-electron chi connectivity index (χ1n) is 3.24. The molecule has 0 bridgehead atoms. The molecule has 0 spiro atoms. The molecule has 0 saturated carbocycles. The van der Waals surface area contributed by atoms with Crippen LogP contribution in [0.4, 0.5) is 0 Å². The molecular formula is C6H11K3Mg3O8. The number of rotatable bonds is 5. The Balaban J connectivity index is -0.0000000128. The van der Waals surface area contributed by atoms with Crippen molar-refractivity contribution in [3.8, 4) is 0 Å². The van der Waals surface area contributed by atoms with E-state index in [1.54, 1.807) is 0 Å². The van der Waals surface area contributed by atoms with Gasteiger partial charge in [-0.25, -0.2) is 0 Å². The molecule has 0 aromatic rings. The Labute approximate surface area is 300 Å². The molecule has 0 aromatic carbocycles. The molecule has 0 radical (unpaired) electrons. The van der Waals surface area contributed by atoms with E-state index in [1.807, 2.05) is 0 Å². The number of aliphatic hydroxyl groups is 2. The second-order valence-electron chi connectivity index (χ2n) is 2.48. The second kappa shape index (κ2) is 22.6. The summed E-state index contributed by atoms with van der Waals surface area (Å²) in [7, 11) is 0. The van der Waals surface area contributed by atoms with Crippen LogP contribution in [0, 0.1) is 0 Å². The van der Waals surface area contributed by atoms with Crippen LogP contribution in [-0.2, 0) is 14.4 Å². The molecule has 8 nitrogen and oxygen atoms in total. The van der Waals surface area contributed by atoms with Crippen LogP contribution in [-0.4, -0.2) is 109 Å². The van der Waals surface area contributed by atoms with Crippen molar-refractivity contribution in [2.24, 2.45) is 0 Å². The van der Waals surface area contributed by atoms with E-state index >= 15 is 0 Å². The van der Waals surface area contributed by atoms with Gasteiger partial charge in [-0.1, -0.05) is 0 Å². The van der Waals surface area contributed by atoms with Gasteiger partial charge in [0, 0.05) is 12.4 Å². The second-order valence-corrected chi connectivity index (χ2v) is 2.48. The SMILES string of the molecule is O=C([O-])CC(O)(C(=O)[O-])C(O)C(=O)[O-].[H-].[H-].[H-].[H-].[H-].[H-].[K+].[K+].[K+].[Mg+2].[Mg+2].[Mg+2]. The molecule has 0 saturated heterocycles. The summed E-state index contributed by atoms with van der Waals surface area (Å²) in [5.41, 5.74) is -3.46. The van der Waals surface area contributed by atoms with Gasteiger partial charge in [0.25, 0.3) is 0 Å². The first-order valence-corrected chi connectivity index (χ1v) is 3.24. The Kier molecular flexibility index (Phi) is 50.5. The zero-order valence-corrected chi connectivity index (χ0v) is 25.4. The predicted molar refractivity (Wildman–Crippen MR) is 54.5 cm³/mol. The minimum absolute atomic E-state index is 0. The van der Waals surface area contributed by atoms with Crippen molar-refractivity contribution in [1.82, 2.24) is 0 Å². The van der Waals surface area contributed by atoms with E-state index in [1.165, 1.54) is 0 Å². The van der Waals surface area contributed by atoms with Crippen LogP contribution in [0.2, 0.25) is 0 Å². The average molecular weight is 401 g/mol. The molecule has 14 heteroatoms. The first kappa shape index (κ1) is 44.7. The standard InChI is InChI=1S/C6H8O8.3K.3Mg.6H/c7-2(8)1-6(14,5(12)13)3(9)4(10)11;;;;;;;;;;;;/h3,9,14H,1H2,(H,7,8)(H,10,11)(H,12,13);;;;;;;;;;;;/q;3*+1;3*+2;6*-1/p-3. The third-order valence-electron chi connectivity index (χ3n) is 1.44. The van der Waals surface area contributed by atoms with Crippen molar-refractivity contribution in [2.45, 2.75) is 18.1 Å². The molecule has 2 N–H and O–H groups in total. The predicted octanol–water partition coefficient (Wildman–Crippen LogP) is -15.7. The van der Waals surface area contributed by atoms with E-state index in [-0.39, 0.29) is 232 Å². The van der Waals surface area contributed by atoms with E-state index < -0.39 is 36.0 Å². The minimum Gasteiger partial charge on any atom is -1.00 e. The Bertz CT molecular complexity index is 315. The van der Waals surface area contributed by atoms with E-state index in [4.69, 9.17) is 10.2 Å². The summed E-state index contributed by atoms with van der Waals surface area (Å²) in [6, 6.07) is 0. The topological polar surface area (TPSA) is 161 Å². The van der Waals surface area contributed by atoms with Gasteiger partial charge in [-0.2, -0.15) is 0 Å². The molecule has 0 amide bonds. The molecule has 0 heterocycles. The normalized spacial score (nSPS) is 11.7. The zero-order chi connectivity index (χ0) is 11.5. The van der Waals surface area contributed by atoms with Crippen LogP contribution < -0.4 is 169 Å². The van der Waals surface area contributed by atoms with Crippen molar-refractivity contribution in [2.75, 3.05) is 0 Å². The molecule has 92 valence electrons. The van der Waals surface area contributed by atoms with E-state index in [9.17, 15) is 29.7 Å². The van der Waals surface area contributed by atoms with Crippen LogP contribution in [0.3, 0.4) is 0 Å². The average Bonchev–Trinajstić information content (AvgIpc) is 2.00. The molecule has 0 fully saturated rings. The molecular weight excluding hydrogens is 390 g/mol. The van der Waals surface area contributed by atoms with Crippen molar-refractivity contribution >= 4 is 87.1 Å². The van der Waals surface area contributed by atoms with Gasteiger partial charge in [-0.3, -0.25) is 0 Å². The van der Waals surface area contributed by atoms with Gasteiger partial charge in [-0.05, 0) is 0 Å². The Morgan fingerprint density at radius 2 is 1.30 bits per heavy atom. The number of aliphatic carboxylic acids is 3. The molecule has 0 aliphatic rings. The zero-order valence-electron chi connectivity index (χ0n) is 17.7. The first-order chi connectivity index (χ1) is 6.21. The summed E-state index contributed by atoms with van der Waals surface area (Å²) in [5, 5.41) is 47.8. The fourth-order valence-corrected chi connectivity index (χ4v) is 0.695. The van der Waals surface area contributed by atoms with E-state index in [0.717, 1.165) is 0 Å². The van der Waals surface area contributed by atoms with E-state index in [2.05, 4.69) is 0 Å². The van der Waals surface area contributed by atoms with Crippen LogP contribution in [0.15, 0.2) is 0 Å². The van der Waals surface area contributed by atoms with Crippen LogP contribution in [0.25, 0.3) is 0 Å². The summed E-state index contributed by atoms with van der Waals surface area (Å²) < 4.78 is 0. The number of carbonyl (C=O) groups is 3. The van der Waals surface area contributed by atoms with Gasteiger partial charge in [0.2, 0.25) is 0 Å². The Hall–Kier alpha value is 5.54. The fourth-order valence-electron chi connectivity index (χ4n) is 0.695. The quantitative estimate of drug-likeness (QED) is 0.429. The van der Waals surface area contributed by atoms with Crippen molar-refractivity contribution < 1.29 is 203 Å². The summed E-state index contributed by atoms with van der Waals surface area (Å²) in [4.78, 5) is 30.2. The number of carbonyl (C=O) groups excluding carboxylic acids is 3. The molecule has 2 unspecified atom stereocenters. The van der Waals surface area contributed by atoms with Crippen molar-refractivity contribution in [3.63, 3.8) is 0 Å². The maximum absolute atomic E-state index is 10.2. The van der Waals surface area contributed by atoms with Crippen LogP contribution in [0.5, 0.6) is 0 Å². The van der Waals surface area contributed by atoms with Gasteiger partial charge >= 0.3 is 223 Å². The number of hydrogen-bond donors (Lipinski definition) is 2. The summed E-state index contributed by atoms with van der Waals surface area (Å²) in [6.45, 7) is 0. The maximum Gasteiger partial charge on any atom is 2.00 e. The minimum atomic E-state index is -3.46. The molecule has 0 aliphatic heterocycles.